The number of carbonyl (C=O) groups excluding carboxylic acids is 3. The molecule has 0 radical (unpaired) electrons. The molecule has 0 spiro atoms. The third kappa shape index (κ3) is 9.29. The molecule has 0 saturated carbocycles. The maximum Gasteiger partial charge on any atom is 0.490 e. The summed E-state index contributed by atoms with van der Waals surface area (Å²) in [5.74, 6) is -4.33. The minimum absolute atomic E-state index is 0.0163. The summed E-state index contributed by atoms with van der Waals surface area (Å²) in [5.41, 5.74) is 0.482. The summed E-state index contributed by atoms with van der Waals surface area (Å²) >= 11 is 12.2. The topological polar surface area (TPSA) is 191 Å². The molecule has 246 valence electrons. The van der Waals surface area contributed by atoms with Gasteiger partial charge in [-0.15, -0.1) is 0 Å². The average Bonchev–Trinajstić information content (AvgIpc) is 3.63. The molecule has 46 heavy (non-hydrogen) atoms. The Labute approximate surface area is 269 Å². The number of hydrogen-bond acceptors (Lipinski definition) is 7. The number of alkyl halides is 3. The van der Waals surface area contributed by atoms with Gasteiger partial charge in [0, 0.05) is 24.8 Å². The zero-order chi connectivity index (χ0) is 34.2. The molecule has 1 atom stereocenters. The molecule has 1 saturated heterocycles. The van der Waals surface area contributed by atoms with Crippen LogP contribution in [0.15, 0.2) is 65.7 Å². The van der Waals surface area contributed by atoms with Crippen LogP contribution in [-0.2, 0) is 19.6 Å². The normalized spacial score (nSPS) is 15.1. The van der Waals surface area contributed by atoms with Crippen LogP contribution in [0.4, 0.5) is 24.5 Å². The summed E-state index contributed by atoms with van der Waals surface area (Å²) in [7, 11) is -3.88. The fourth-order valence-corrected chi connectivity index (χ4v) is 6.11. The standard InChI is InChI=1S/C25H24Cl2N6O5S.C2HF3O2/c1-2-5-21(34)29-15-6-3-7-17(12-15)39(37,38)33-11-10-16(14-33)30-25(36)23-20(13-28-32-23)31-24(35)22-18(26)8-4-9-19(22)27;3-2(4,5)1(6)7/h2-9,12-13,16H,10-11,14H2,1H3,(H,28,32)(H,29,34)(H,30,36)(H,31,35);(H,6,7)/b5-2+;/t16-;/m1./s1. The van der Waals surface area contributed by atoms with Crippen molar-refractivity contribution in [1.82, 2.24) is 19.8 Å². The summed E-state index contributed by atoms with van der Waals surface area (Å²) in [6, 6.07) is 10.1. The van der Waals surface area contributed by atoms with Crippen molar-refractivity contribution in [2.24, 2.45) is 0 Å². The first-order valence-corrected chi connectivity index (χ1v) is 15.2. The number of carboxylic acids is 1. The number of benzene rings is 2. The summed E-state index contributed by atoms with van der Waals surface area (Å²) in [5, 5.41) is 21.8. The molecule has 1 aromatic heterocycles. The van der Waals surface area contributed by atoms with Gasteiger partial charge in [0.1, 0.15) is 5.69 Å². The van der Waals surface area contributed by atoms with Crippen molar-refractivity contribution < 1.29 is 45.9 Å². The predicted octanol–water partition coefficient (Wildman–Crippen LogP) is 4.31. The Morgan fingerprint density at radius 1 is 1.07 bits per heavy atom. The van der Waals surface area contributed by atoms with Crippen LogP contribution in [0.25, 0.3) is 0 Å². The van der Waals surface area contributed by atoms with Gasteiger partial charge in [-0.1, -0.05) is 41.4 Å². The second-order valence-corrected chi connectivity index (χ2v) is 12.1. The molecule has 0 bridgehead atoms. The highest BCUT2D eigenvalue weighted by atomic mass is 35.5. The van der Waals surface area contributed by atoms with Gasteiger partial charge in [-0.25, -0.2) is 13.2 Å². The molecule has 5 N–H and O–H groups in total. The lowest BCUT2D eigenvalue weighted by molar-refractivity contribution is -0.192. The van der Waals surface area contributed by atoms with Gasteiger partial charge in [0.05, 0.1) is 32.4 Å². The molecular weight excluding hydrogens is 680 g/mol. The van der Waals surface area contributed by atoms with Crippen LogP contribution < -0.4 is 16.0 Å². The van der Waals surface area contributed by atoms with Crippen molar-refractivity contribution in [2.45, 2.75) is 30.5 Å². The number of nitrogens with zero attached hydrogens (tertiary/aromatic N) is 2. The van der Waals surface area contributed by atoms with Crippen molar-refractivity contribution in [3.05, 3.63) is 82.1 Å². The van der Waals surface area contributed by atoms with Gasteiger partial charge in [-0.2, -0.15) is 22.6 Å². The molecule has 1 fully saturated rings. The number of hydrogen-bond donors (Lipinski definition) is 5. The largest absolute Gasteiger partial charge is 0.490 e. The second kappa shape index (κ2) is 15.2. The van der Waals surface area contributed by atoms with Gasteiger partial charge >= 0.3 is 12.1 Å². The quantitative estimate of drug-likeness (QED) is 0.214. The summed E-state index contributed by atoms with van der Waals surface area (Å²) in [6.45, 7) is 1.91. The van der Waals surface area contributed by atoms with Crippen LogP contribution in [0.3, 0.4) is 0 Å². The molecule has 4 rings (SSSR count). The molecule has 2 aromatic carbocycles. The van der Waals surface area contributed by atoms with Crippen LogP contribution in [-0.4, -0.2) is 77.0 Å². The zero-order valence-electron chi connectivity index (χ0n) is 23.6. The predicted molar refractivity (Wildman–Crippen MR) is 161 cm³/mol. The number of aromatic amines is 1. The van der Waals surface area contributed by atoms with Crippen LogP contribution in [0.2, 0.25) is 10.0 Å². The first kappa shape index (κ1) is 36.0. The third-order valence-electron chi connectivity index (χ3n) is 6.09. The lowest BCUT2D eigenvalue weighted by Crippen LogP contribution is -2.39. The van der Waals surface area contributed by atoms with Crippen LogP contribution in [0.1, 0.15) is 34.2 Å². The van der Waals surface area contributed by atoms with E-state index in [1.165, 1.54) is 46.9 Å². The maximum absolute atomic E-state index is 13.2. The molecule has 0 unspecified atom stereocenters. The molecule has 2 heterocycles. The van der Waals surface area contributed by atoms with Gasteiger partial charge in [-0.05, 0) is 49.8 Å². The van der Waals surface area contributed by atoms with Crippen molar-refractivity contribution >= 4 is 68.3 Å². The van der Waals surface area contributed by atoms with Crippen molar-refractivity contribution in [1.29, 1.82) is 0 Å². The van der Waals surface area contributed by atoms with Gasteiger partial charge in [0.2, 0.25) is 15.9 Å². The minimum atomic E-state index is -5.08. The minimum Gasteiger partial charge on any atom is -0.475 e. The monoisotopic (exact) mass is 704 g/mol. The fourth-order valence-electron chi connectivity index (χ4n) is 3.99. The molecule has 19 heteroatoms. The Bertz CT molecular complexity index is 1750. The Hall–Kier alpha value is -4.45. The van der Waals surface area contributed by atoms with E-state index in [2.05, 4.69) is 26.1 Å². The molecule has 3 aromatic rings. The maximum atomic E-state index is 13.2. The lowest BCUT2D eigenvalue weighted by Gasteiger charge is -2.18. The highest BCUT2D eigenvalue weighted by Crippen LogP contribution is 2.27. The van der Waals surface area contributed by atoms with E-state index in [0.29, 0.717) is 12.1 Å². The van der Waals surface area contributed by atoms with Gasteiger partial charge in [0.25, 0.3) is 11.8 Å². The number of carbonyl (C=O) groups is 4. The van der Waals surface area contributed by atoms with E-state index in [1.54, 1.807) is 25.1 Å². The molecule has 13 nitrogen and oxygen atoms in total. The SMILES string of the molecule is C/C=C/C(=O)Nc1cccc(S(=O)(=O)N2CC[C@@H](NC(=O)c3[nH]ncc3NC(=O)c3c(Cl)cccc3Cl)C2)c1.O=C(O)C(F)(F)F. The Morgan fingerprint density at radius 2 is 1.70 bits per heavy atom. The molecular formula is C27H25Cl2F3N6O7S. The molecule has 1 aliphatic heterocycles. The molecule has 0 aliphatic carbocycles. The summed E-state index contributed by atoms with van der Waals surface area (Å²) in [4.78, 5) is 46.4. The number of anilines is 2. The average molecular weight is 705 g/mol. The Balaban J connectivity index is 0.000000738. The second-order valence-electron chi connectivity index (χ2n) is 9.35. The Kier molecular flexibility index (Phi) is 11.9. The van der Waals surface area contributed by atoms with Crippen LogP contribution in [0, 0.1) is 0 Å². The number of carboxylic acid groups (broad SMARTS) is 1. The zero-order valence-corrected chi connectivity index (χ0v) is 25.9. The van der Waals surface area contributed by atoms with E-state index in [-0.39, 0.29) is 50.9 Å². The first-order valence-electron chi connectivity index (χ1n) is 13.0. The number of allylic oxidation sites excluding steroid dienone is 1. The number of halogens is 5. The van der Waals surface area contributed by atoms with E-state index in [0.717, 1.165) is 0 Å². The summed E-state index contributed by atoms with van der Waals surface area (Å²) < 4.78 is 59.4. The van der Waals surface area contributed by atoms with Crippen molar-refractivity contribution in [3.63, 3.8) is 0 Å². The number of rotatable bonds is 8. The van der Waals surface area contributed by atoms with E-state index in [1.807, 2.05) is 0 Å². The van der Waals surface area contributed by atoms with E-state index < -0.39 is 40.0 Å². The van der Waals surface area contributed by atoms with E-state index >= 15 is 0 Å². The number of H-pyrrole nitrogens is 1. The van der Waals surface area contributed by atoms with Crippen LogP contribution in [0.5, 0.6) is 0 Å². The van der Waals surface area contributed by atoms with Crippen LogP contribution >= 0.6 is 23.2 Å². The van der Waals surface area contributed by atoms with Crippen molar-refractivity contribution in [2.75, 3.05) is 23.7 Å². The highest BCUT2D eigenvalue weighted by Gasteiger charge is 2.38. The number of aliphatic carboxylic acids is 1. The number of aromatic nitrogens is 2. The first-order chi connectivity index (χ1) is 21.5. The number of sulfonamides is 1. The van der Waals surface area contributed by atoms with Gasteiger partial charge in [-0.3, -0.25) is 19.5 Å². The smallest absolute Gasteiger partial charge is 0.475 e. The fraction of sp³-hybridized carbons (Fsp3) is 0.222. The highest BCUT2D eigenvalue weighted by molar-refractivity contribution is 7.89. The number of nitrogens with one attached hydrogen (secondary N) is 4. The Morgan fingerprint density at radius 3 is 2.30 bits per heavy atom. The van der Waals surface area contributed by atoms with E-state index in [4.69, 9.17) is 33.1 Å². The molecule has 1 aliphatic rings. The van der Waals surface area contributed by atoms with Gasteiger partial charge in [0.15, 0.2) is 0 Å². The molecule has 3 amide bonds. The third-order valence-corrected chi connectivity index (χ3v) is 8.58. The van der Waals surface area contributed by atoms with Gasteiger partial charge < -0.3 is 21.1 Å². The summed E-state index contributed by atoms with van der Waals surface area (Å²) in [6.07, 6.45) is -0.542. The lowest BCUT2D eigenvalue weighted by atomic mass is 10.2. The number of amides is 3. The van der Waals surface area contributed by atoms with Crippen molar-refractivity contribution in [3.8, 4) is 0 Å². The van der Waals surface area contributed by atoms with E-state index in [9.17, 15) is 36.0 Å².